The third-order valence-electron chi connectivity index (χ3n) is 5.55. The first kappa shape index (κ1) is 23.3. The quantitative estimate of drug-likeness (QED) is 0.647. The molecule has 0 aromatic heterocycles. The summed E-state index contributed by atoms with van der Waals surface area (Å²) in [6, 6.07) is 15.0. The molecule has 0 heterocycles. The number of ether oxygens (including phenoxy) is 1. The van der Waals surface area contributed by atoms with Crippen LogP contribution in [0, 0.1) is 5.41 Å². The number of hydrogen-bond acceptors (Lipinski definition) is 4. The Balaban J connectivity index is 1.82. The topological polar surface area (TPSA) is 110 Å². The summed E-state index contributed by atoms with van der Waals surface area (Å²) < 4.78 is 5.72. The SMILES string of the molecule is CC(C)(C)CN(C(=O)OCC1c2ccccc2-c2ccccc21)[C@@H](CCC(=O)O)C(N)=O. The first-order valence-electron chi connectivity index (χ1n) is 10.7. The molecule has 0 spiro atoms. The lowest BCUT2D eigenvalue weighted by molar-refractivity contribution is -0.137. The highest BCUT2D eigenvalue weighted by atomic mass is 16.6. The Hall–Kier alpha value is -3.35. The van der Waals surface area contributed by atoms with Gasteiger partial charge in [0, 0.05) is 18.9 Å². The molecule has 170 valence electrons. The normalized spacial score (nSPS) is 13.7. The van der Waals surface area contributed by atoms with Crippen molar-refractivity contribution >= 4 is 18.0 Å². The van der Waals surface area contributed by atoms with Crippen LogP contribution < -0.4 is 5.73 Å². The standard InChI is InChI=1S/C25H30N2O5/c1-25(2,3)15-27(21(23(26)30)12-13-22(28)29)24(31)32-14-20-18-10-6-4-8-16(18)17-9-5-7-11-19(17)20/h4-11,20-21H,12-15H2,1-3H3,(H2,26,30)(H,28,29)/t21-/m0/s1. The molecule has 0 saturated heterocycles. The van der Waals surface area contributed by atoms with Gasteiger partial charge in [-0.1, -0.05) is 69.3 Å². The molecule has 32 heavy (non-hydrogen) atoms. The molecule has 0 unspecified atom stereocenters. The summed E-state index contributed by atoms with van der Waals surface area (Å²) in [7, 11) is 0. The van der Waals surface area contributed by atoms with E-state index in [1.807, 2.05) is 57.2 Å². The van der Waals surface area contributed by atoms with Crippen molar-refractivity contribution in [3.63, 3.8) is 0 Å². The smallest absolute Gasteiger partial charge is 0.410 e. The van der Waals surface area contributed by atoms with Gasteiger partial charge in [-0.25, -0.2) is 4.79 Å². The molecule has 1 atom stereocenters. The summed E-state index contributed by atoms with van der Waals surface area (Å²) in [6.45, 7) is 6.08. The Morgan fingerprint density at radius 3 is 2.03 bits per heavy atom. The summed E-state index contributed by atoms with van der Waals surface area (Å²) in [5, 5.41) is 9.04. The molecule has 1 aliphatic rings. The number of carbonyl (C=O) groups excluding carboxylic acids is 2. The van der Waals surface area contributed by atoms with Crippen molar-refractivity contribution in [2.45, 2.75) is 45.6 Å². The number of amides is 2. The van der Waals surface area contributed by atoms with Crippen molar-refractivity contribution in [2.75, 3.05) is 13.2 Å². The summed E-state index contributed by atoms with van der Waals surface area (Å²) in [6.07, 6.45) is -1.01. The number of hydrogen-bond donors (Lipinski definition) is 2. The van der Waals surface area contributed by atoms with Crippen LogP contribution in [0.25, 0.3) is 11.1 Å². The van der Waals surface area contributed by atoms with Gasteiger partial charge in [-0.2, -0.15) is 0 Å². The number of carboxylic acid groups (broad SMARTS) is 1. The molecule has 7 heteroatoms. The maximum atomic E-state index is 13.1. The van der Waals surface area contributed by atoms with Crippen molar-refractivity contribution < 1.29 is 24.2 Å². The Bertz CT molecular complexity index is 966. The number of carbonyl (C=O) groups is 3. The lowest BCUT2D eigenvalue weighted by Gasteiger charge is -2.34. The monoisotopic (exact) mass is 438 g/mol. The van der Waals surface area contributed by atoms with Gasteiger partial charge in [-0.05, 0) is 34.1 Å². The Morgan fingerprint density at radius 1 is 1.03 bits per heavy atom. The number of carboxylic acids is 1. The van der Waals surface area contributed by atoms with Crippen molar-refractivity contribution in [2.24, 2.45) is 11.1 Å². The fourth-order valence-electron chi connectivity index (χ4n) is 4.20. The van der Waals surface area contributed by atoms with E-state index in [-0.39, 0.29) is 37.3 Å². The van der Waals surface area contributed by atoms with E-state index in [0.717, 1.165) is 22.3 Å². The zero-order valence-corrected chi connectivity index (χ0v) is 18.7. The minimum absolute atomic E-state index is 0.0645. The maximum absolute atomic E-state index is 13.1. The lowest BCUT2D eigenvalue weighted by atomic mass is 9.94. The van der Waals surface area contributed by atoms with Crippen LogP contribution in [0.3, 0.4) is 0 Å². The van der Waals surface area contributed by atoms with Gasteiger partial charge in [0.1, 0.15) is 12.6 Å². The minimum atomic E-state index is -1.06. The van der Waals surface area contributed by atoms with Gasteiger partial charge in [0.2, 0.25) is 5.91 Å². The number of fused-ring (bicyclic) bond motifs is 3. The predicted octanol–water partition coefficient (Wildman–Crippen LogP) is 4.00. The zero-order chi connectivity index (χ0) is 23.5. The summed E-state index contributed by atoms with van der Waals surface area (Å²) in [5.74, 6) is -1.92. The molecule has 0 bridgehead atoms. The molecule has 7 nitrogen and oxygen atoms in total. The van der Waals surface area contributed by atoms with E-state index < -0.39 is 24.0 Å². The first-order chi connectivity index (χ1) is 15.1. The van der Waals surface area contributed by atoms with E-state index in [1.165, 1.54) is 4.90 Å². The van der Waals surface area contributed by atoms with Crippen LogP contribution in [0.2, 0.25) is 0 Å². The molecule has 0 aliphatic heterocycles. The third kappa shape index (κ3) is 5.28. The van der Waals surface area contributed by atoms with E-state index >= 15 is 0 Å². The van der Waals surface area contributed by atoms with E-state index in [0.29, 0.717) is 0 Å². The highest BCUT2D eigenvalue weighted by molar-refractivity contribution is 5.85. The van der Waals surface area contributed by atoms with Gasteiger partial charge in [-0.15, -0.1) is 0 Å². The molecule has 2 amide bonds. The Labute approximate surface area is 188 Å². The summed E-state index contributed by atoms with van der Waals surface area (Å²) in [4.78, 5) is 37.6. The summed E-state index contributed by atoms with van der Waals surface area (Å²) >= 11 is 0. The van der Waals surface area contributed by atoms with Gasteiger partial charge >= 0.3 is 12.1 Å². The number of aliphatic carboxylic acids is 1. The molecular weight excluding hydrogens is 408 g/mol. The Morgan fingerprint density at radius 2 is 1.56 bits per heavy atom. The van der Waals surface area contributed by atoms with Crippen LogP contribution in [0.1, 0.15) is 50.7 Å². The van der Waals surface area contributed by atoms with E-state index in [2.05, 4.69) is 12.1 Å². The minimum Gasteiger partial charge on any atom is -0.481 e. The molecule has 0 fully saturated rings. The van der Waals surface area contributed by atoms with Crippen molar-refractivity contribution in [3.8, 4) is 11.1 Å². The second kappa shape index (κ2) is 9.42. The van der Waals surface area contributed by atoms with E-state index in [4.69, 9.17) is 15.6 Å². The molecule has 2 aromatic rings. The first-order valence-corrected chi connectivity index (χ1v) is 10.7. The average Bonchev–Trinajstić information content (AvgIpc) is 3.04. The van der Waals surface area contributed by atoms with E-state index in [1.54, 1.807) is 0 Å². The van der Waals surface area contributed by atoms with Gasteiger partial charge in [0.25, 0.3) is 0 Å². The van der Waals surface area contributed by atoms with Gasteiger partial charge in [0.15, 0.2) is 0 Å². The fraction of sp³-hybridized carbons (Fsp3) is 0.400. The summed E-state index contributed by atoms with van der Waals surface area (Å²) in [5.41, 5.74) is 9.60. The zero-order valence-electron chi connectivity index (χ0n) is 18.7. The average molecular weight is 439 g/mol. The van der Waals surface area contributed by atoms with Crippen LogP contribution in [0.15, 0.2) is 48.5 Å². The number of rotatable bonds is 8. The van der Waals surface area contributed by atoms with Crippen LogP contribution >= 0.6 is 0 Å². The predicted molar refractivity (Wildman–Crippen MR) is 121 cm³/mol. The van der Waals surface area contributed by atoms with Gasteiger partial charge < -0.3 is 15.6 Å². The number of benzene rings is 2. The number of nitrogens with zero attached hydrogens (tertiary/aromatic N) is 1. The lowest BCUT2D eigenvalue weighted by Crippen LogP contribution is -2.51. The Kier molecular flexibility index (Phi) is 6.87. The maximum Gasteiger partial charge on any atom is 0.410 e. The number of primary amides is 1. The second-order valence-electron chi connectivity index (χ2n) is 9.34. The van der Waals surface area contributed by atoms with E-state index in [9.17, 15) is 14.4 Å². The second-order valence-corrected chi connectivity index (χ2v) is 9.34. The van der Waals surface area contributed by atoms with Crippen LogP contribution in [0.4, 0.5) is 4.79 Å². The fourth-order valence-corrected chi connectivity index (χ4v) is 4.20. The van der Waals surface area contributed by atoms with Crippen LogP contribution in [0.5, 0.6) is 0 Å². The molecular formula is C25H30N2O5. The molecule has 3 rings (SSSR count). The molecule has 1 aliphatic carbocycles. The van der Waals surface area contributed by atoms with Crippen LogP contribution in [-0.2, 0) is 14.3 Å². The van der Waals surface area contributed by atoms with Crippen molar-refractivity contribution in [3.05, 3.63) is 59.7 Å². The molecule has 0 saturated carbocycles. The van der Waals surface area contributed by atoms with Crippen LogP contribution in [-0.4, -0.2) is 47.2 Å². The molecule has 0 radical (unpaired) electrons. The van der Waals surface area contributed by atoms with Gasteiger partial charge in [0.05, 0.1) is 0 Å². The molecule has 2 aromatic carbocycles. The molecule has 3 N–H and O–H groups in total. The third-order valence-corrected chi connectivity index (χ3v) is 5.55. The van der Waals surface area contributed by atoms with Crippen molar-refractivity contribution in [1.29, 1.82) is 0 Å². The highest BCUT2D eigenvalue weighted by Gasteiger charge is 2.35. The highest BCUT2D eigenvalue weighted by Crippen LogP contribution is 2.44. The number of nitrogens with two attached hydrogens (primary N) is 1. The van der Waals surface area contributed by atoms with Crippen molar-refractivity contribution in [1.82, 2.24) is 4.90 Å². The van der Waals surface area contributed by atoms with Gasteiger partial charge in [-0.3, -0.25) is 14.5 Å². The largest absolute Gasteiger partial charge is 0.481 e.